The van der Waals surface area contributed by atoms with E-state index in [9.17, 15) is 4.79 Å². The summed E-state index contributed by atoms with van der Waals surface area (Å²) in [7, 11) is 1.58. The summed E-state index contributed by atoms with van der Waals surface area (Å²) in [5.41, 5.74) is 3.62. The number of fused-ring (bicyclic) bond motifs is 1. The first-order valence-electron chi connectivity index (χ1n) is 12.8. The smallest absolute Gasteiger partial charge is 0.242 e. The number of methoxy groups -OCH3 is 1. The first-order chi connectivity index (χ1) is 17.6. The van der Waals surface area contributed by atoms with E-state index in [1.54, 1.807) is 13.2 Å². The zero-order chi connectivity index (χ0) is 26.9. The Balaban J connectivity index is 0.00000400. The number of aryl methyl sites for hydroxylation is 1. The molecule has 11 heteroatoms. The van der Waals surface area contributed by atoms with Crippen molar-refractivity contribution >= 4 is 29.7 Å². The molecule has 1 fully saturated rings. The Bertz CT molecular complexity index is 1370. The van der Waals surface area contributed by atoms with Crippen LogP contribution in [0.5, 0.6) is 11.5 Å². The number of aliphatic hydroxyl groups is 1. The van der Waals surface area contributed by atoms with E-state index in [2.05, 4.69) is 10.00 Å². The van der Waals surface area contributed by atoms with Crippen molar-refractivity contribution in [2.24, 2.45) is 0 Å². The Hall–Kier alpha value is -3.11. The lowest BCUT2D eigenvalue weighted by Gasteiger charge is -2.25. The van der Waals surface area contributed by atoms with Crippen molar-refractivity contribution in [3.63, 3.8) is 0 Å². The van der Waals surface area contributed by atoms with Crippen LogP contribution in [-0.2, 0) is 12.0 Å². The molecule has 208 valence electrons. The number of ether oxygens (including phenoxy) is 2. The second-order valence-electron chi connectivity index (χ2n) is 10.6. The monoisotopic (exact) mass is 546 g/mol. The van der Waals surface area contributed by atoms with Crippen LogP contribution >= 0.6 is 12.4 Å². The van der Waals surface area contributed by atoms with Crippen molar-refractivity contribution in [1.29, 1.82) is 5.41 Å². The molecule has 0 unspecified atom stereocenters. The lowest BCUT2D eigenvalue weighted by molar-refractivity contribution is 0.0964. The summed E-state index contributed by atoms with van der Waals surface area (Å²) in [6.07, 6.45) is 2.74. The summed E-state index contributed by atoms with van der Waals surface area (Å²) in [5.74, 6) is 1.72. The van der Waals surface area contributed by atoms with Crippen LogP contribution in [0.4, 0.5) is 5.82 Å². The first-order valence-corrected chi connectivity index (χ1v) is 12.8. The normalized spacial score (nSPS) is 13.6. The minimum absolute atomic E-state index is 0. The molecule has 3 aromatic rings. The van der Waals surface area contributed by atoms with Gasteiger partial charge in [-0.2, -0.15) is 4.52 Å². The molecule has 3 heterocycles. The second kappa shape index (κ2) is 11.7. The number of halogens is 1. The van der Waals surface area contributed by atoms with Crippen molar-refractivity contribution in [1.82, 2.24) is 19.4 Å². The number of rotatable bonds is 9. The number of carbonyl (C=O) groups is 1. The quantitative estimate of drug-likeness (QED) is 0.311. The van der Waals surface area contributed by atoms with Gasteiger partial charge in [0, 0.05) is 48.4 Å². The Morgan fingerprint density at radius 1 is 1.13 bits per heavy atom. The SMILES string of the molecule is COc1c(OCCCO)cc(C(=O)Cn2nc3c(C)c(C)c(N4CCCC4)nn3c2=N)cc1C(C)(C)C.Cl. The lowest BCUT2D eigenvalue weighted by Crippen LogP contribution is -2.28. The molecule has 0 amide bonds. The average Bonchev–Trinajstić information content (AvgIpc) is 3.49. The van der Waals surface area contributed by atoms with Gasteiger partial charge in [-0.25, -0.2) is 4.68 Å². The number of Topliss-reactive ketones (excluding diaryl/α,β-unsaturated/α-hetero) is 1. The van der Waals surface area contributed by atoms with Gasteiger partial charge in [0.05, 0.1) is 13.7 Å². The molecule has 1 aliphatic heterocycles. The predicted molar refractivity (Wildman–Crippen MR) is 148 cm³/mol. The molecule has 1 aromatic carbocycles. The largest absolute Gasteiger partial charge is 0.493 e. The van der Waals surface area contributed by atoms with E-state index in [1.807, 2.05) is 40.7 Å². The number of hydrogen-bond acceptors (Lipinski definition) is 8. The molecule has 10 nitrogen and oxygen atoms in total. The summed E-state index contributed by atoms with van der Waals surface area (Å²) in [5, 5.41) is 27.2. The van der Waals surface area contributed by atoms with Gasteiger partial charge >= 0.3 is 0 Å². The summed E-state index contributed by atoms with van der Waals surface area (Å²) >= 11 is 0. The summed E-state index contributed by atoms with van der Waals surface area (Å²) in [4.78, 5) is 15.8. The highest BCUT2D eigenvalue weighted by Gasteiger charge is 2.26. The Morgan fingerprint density at radius 2 is 1.82 bits per heavy atom. The maximum Gasteiger partial charge on any atom is 0.242 e. The molecule has 4 rings (SSSR count). The zero-order valence-electron chi connectivity index (χ0n) is 23.1. The number of carbonyl (C=O) groups excluding carboxylic acids is 1. The van der Waals surface area contributed by atoms with Crippen molar-refractivity contribution in [2.75, 3.05) is 38.3 Å². The van der Waals surface area contributed by atoms with E-state index < -0.39 is 0 Å². The fourth-order valence-corrected chi connectivity index (χ4v) is 4.70. The molecule has 2 aromatic heterocycles. The summed E-state index contributed by atoms with van der Waals surface area (Å²) < 4.78 is 14.5. The third-order valence-corrected chi connectivity index (χ3v) is 6.94. The molecule has 0 bridgehead atoms. The van der Waals surface area contributed by atoms with E-state index in [0.717, 1.165) is 48.4 Å². The van der Waals surface area contributed by atoms with E-state index >= 15 is 0 Å². The number of hydrogen-bond donors (Lipinski definition) is 2. The summed E-state index contributed by atoms with van der Waals surface area (Å²) in [6, 6.07) is 3.51. The van der Waals surface area contributed by atoms with Gasteiger partial charge < -0.3 is 19.5 Å². The molecular weight excluding hydrogens is 508 g/mol. The first kappa shape index (κ1) is 29.4. The Morgan fingerprint density at radius 3 is 2.42 bits per heavy atom. The fourth-order valence-electron chi connectivity index (χ4n) is 4.70. The van der Waals surface area contributed by atoms with Gasteiger partial charge in [-0.05, 0) is 44.2 Å². The predicted octanol–water partition coefficient (Wildman–Crippen LogP) is 3.60. The molecule has 0 spiro atoms. The molecular formula is C27H39ClN6O4. The summed E-state index contributed by atoms with van der Waals surface area (Å²) in [6.45, 7) is 12.3. The standard InChI is InChI=1S/C27H38N6O4.ClH/c1-17-18(2)25-29-32(26(28)33(25)30-24(17)31-10-7-8-11-31)16-21(35)19-14-20(27(3,4)5)23(36-6)22(15-19)37-13-9-12-34;/h14-15,28,34H,7-13,16H2,1-6H3;1H. The van der Waals surface area contributed by atoms with E-state index in [0.29, 0.717) is 35.7 Å². The third kappa shape index (κ3) is 5.66. The highest BCUT2D eigenvalue weighted by molar-refractivity contribution is 5.97. The molecule has 2 N–H and O–H groups in total. The van der Waals surface area contributed by atoms with Gasteiger partial charge in [0.15, 0.2) is 28.7 Å². The number of ketones is 1. The van der Waals surface area contributed by atoms with Gasteiger partial charge in [0.1, 0.15) is 6.54 Å². The van der Waals surface area contributed by atoms with Crippen LogP contribution in [0.1, 0.15) is 67.1 Å². The van der Waals surface area contributed by atoms with Crippen LogP contribution in [0.25, 0.3) is 5.65 Å². The zero-order valence-corrected chi connectivity index (χ0v) is 23.9. The van der Waals surface area contributed by atoms with Gasteiger partial charge in [-0.15, -0.1) is 22.6 Å². The van der Waals surface area contributed by atoms with E-state index in [4.69, 9.17) is 25.1 Å². The van der Waals surface area contributed by atoms with Gasteiger partial charge in [-0.1, -0.05) is 20.8 Å². The minimum atomic E-state index is -0.307. The second-order valence-corrected chi connectivity index (χ2v) is 10.6. The molecule has 1 saturated heterocycles. The van der Waals surface area contributed by atoms with Crippen molar-refractivity contribution in [3.8, 4) is 11.5 Å². The maximum absolute atomic E-state index is 13.5. The number of anilines is 1. The highest BCUT2D eigenvalue weighted by atomic mass is 35.5. The molecule has 0 atom stereocenters. The van der Waals surface area contributed by atoms with Crippen molar-refractivity contribution in [3.05, 3.63) is 40.0 Å². The molecule has 0 aliphatic carbocycles. The van der Waals surface area contributed by atoms with Crippen LogP contribution < -0.4 is 20.0 Å². The van der Waals surface area contributed by atoms with Gasteiger partial charge in [0.2, 0.25) is 5.62 Å². The third-order valence-electron chi connectivity index (χ3n) is 6.94. The van der Waals surface area contributed by atoms with E-state index in [-0.39, 0.29) is 42.4 Å². The van der Waals surface area contributed by atoms with Gasteiger partial charge in [0.25, 0.3) is 0 Å². The number of nitrogens with zero attached hydrogens (tertiary/aromatic N) is 5. The van der Waals surface area contributed by atoms with Crippen LogP contribution in [-0.4, -0.2) is 63.7 Å². The fraction of sp³-hybridized carbons (Fsp3) is 0.556. The van der Waals surface area contributed by atoms with Gasteiger partial charge in [-0.3, -0.25) is 10.2 Å². The topological polar surface area (TPSA) is 118 Å². The van der Waals surface area contributed by atoms with Crippen molar-refractivity contribution < 1.29 is 19.4 Å². The molecule has 38 heavy (non-hydrogen) atoms. The Kier molecular flexibility index (Phi) is 9.09. The maximum atomic E-state index is 13.5. The lowest BCUT2D eigenvalue weighted by atomic mass is 9.84. The molecule has 0 saturated carbocycles. The minimum Gasteiger partial charge on any atom is -0.493 e. The van der Waals surface area contributed by atoms with Crippen LogP contribution in [0, 0.1) is 19.3 Å². The highest BCUT2D eigenvalue weighted by Crippen LogP contribution is 2.40. The molecule has 1 aliphatic rings. The molecule has 0 radical (unpaired) electrons. The van der Waals surface area contributed by atoms with E-state index in [1.165, 1.54) is 9.20 Å². The van der Waals surface area contributed by atoms with Crippen molar-refractivity contribution in [2.45, 2.75) is 65.8 Å². The number of aromatic nitrogens is 4. The average molecular weight is 547 g/mol. The van der Waals surface area contributed by atoms with Crippen LogP contribution in [0.3, 0.4) is 0 Å². The number of aliphatic hydroxyl groups excluding tert-OH is 1. The van der Waals surface area contributed by atoms with Crippen LogP contribution in [0.15, 0.2) is 12.1 Å². The number of nitrogens with one attached hydrogen (secondary N) is 1. The van der Waals surface area contributed by atoms with Crippen LogP contribution in [0.2, 0.25) is 0 Å². The Labute approximate surface area is 229 Å². The number of benzene rings is 1.